The molecule has 0 unspecified atom stereocenters. The van der Waals surface area contributed by atoms with Gasteiger partial charge in [0.15, 0.2) is 5.82 Å². The van der Waals surface area contributed by atoms with Crippen molar-refractivity contribution in [2.75, 3.05) is 6.54 Å². The zero-order valence-corrected chi connectivity index (χ0v) is 6.80. The summed E-state index contributed by atoms with van der Waals surface area (Å²) in [5, 5.41) is 6.88. The first-order chi connectivity index (χ1) is 5.36. The third kappa shape index (κ3) is 2.31. The first-order valence-electron chi connectivity index (χ1n) is 3.97. The zero-order chi connectivity index (χ0) is 8.10. The normalized spacial score (nSPS) is 10.4. The van der Waals surface area contributed by atoms with E-state index in [1.54, 1.807) is 0 Å². The Morgan fingerprint density at radius 2 is 2.27 bits per heavy atom. The van der Waals surface area contributed by atoms with E-state index >= 15 is 0 Å². The molecule has 0 spiro atoms. The summed E-state index contributed by atoms with van der Waals surface area (Å²) in [6, 6.07) is 0. The quantitative estimate of drug-likeness (QED) is 0.653. The summed E-state index contributed by atoms with van der Waals surface area (Å²) in [7, 11) is 0. The number of aromatic amines is 1. The van der Waals surface area contributed by atoms with Gasteiger partial charge in [-0.1, -0.05) is 6.92 Å². The van der Waals surface area contributed by atoms with Crippen LogP contribution in [0.5, 0.6) is 0 Å². The van der Waals surface area contributed by atoms with Gasteiger partial charge in [-0.3, -0.25) is 5.10 Å². The lowest BCUT2D eigenvalue weighted by Gasteiger charge is -1.87. The molecule has 11 heavy (non-hydrogen) atoms. The Labute approximate surface area is 66.2 Å². The van der Waals surface area contributed by atoms with E-state index in [9.17, 15) is 0 Å². The summed E-state index contributed by atoms with van der Waals surface area (Å²) in [6.07, 6.45) is 2.83. The van der Waals surface area contributed by atoms with Gasteiger partial charge in [-0.25, -0.2) is 4.98 Å². The van der Waals surface area contributed by atoms with Crippen LogP contribution in [-0.4, -0.2) is 21.7 Å². The van der Waals surface area contributed by atoms with Crippen molar-refractivity contribution in [2.24, 2.45) is 5.73 Å². The van der Waals surface area contributed by atoms with Crippen molar-refractivity contribution in [1.29, 1.82) is 0 Å². The van der Waals surface area contributed by atoms with Crippen LogP contribution in [0.4, 0.5) is 0 Å². The SMILES string of the molecule is CCCc1nc(CCN)n[nH]1. The predicted molar refractivity (Wildman–Crippen MR) is 43.1 cm³/mol. The number of hydrogen-bond donors (Lipinski definition) is 2. The highest BCUT2D eigenvalue weighted by molar-refractivity contribution is 4.90. The molecule has 1 aromatic rings. The summed E-state index contributed by atoms with van der Waals surface area (Å²) < 4.78 is 0. The highest BCUT2D eigenvalue weighted by atomic mass is 15.2. The van der Waals surface area contributed by atoms with E-state index in [4.69, 9.17) is 5.73 Å². The molecule has 4 heteroatoms. The number of aromatic nitrogens is 3. The van der Waals surface area contributed by atoms with Crippen molar-refractivity contribution in [3.63, 3.8) is 0 Å². The van der Waals surface area contributed by atoms with Gasteiger partial charge >= 0.3 is 0 Å². The third-order valence-corrected chi connectivity index (χ3v) is 1.43. The minimum atomic E-state index is 0.615. The van der Waals surface area contributed by atoms with Crippen LogP contribution < -0.4 is 5.73 Å². The molecule has 1 aromatic heterocycles. The molecule has 0 bridgehead atoms. The van der Waals surface area contributed by atoms with Crippen molar-refractivity contribution in [1.82, 2.24) is 15.2 Å². The topological polar surface area (TPSA) is 67.6 Å². The van der Waals surface area contributed by atoms with Crippen LogP contribution in [0.2, 0.25) is 0 Å². The first kappa shape index (κ1) is 8.20. The number of aryl methyl sites for hydroxylation is 1. The largest absolute Gasteiger partial charge is 0.330 e. The standard InChI is InChI=1S/C7H14N4/c1-2-3-6-9-7(4-5-8)11-10-6/h2-5,8H2,1H3,(H,9,10,11). The second kappa shape index (κ2) is 4.08. The Kier molecular flexibility index (Phi) is 3.04. The van der Waals surface area contributed by atoms with Gasteiger partial charge in [0.25, 0.3) is 0 Å². The average molecular weight is 154 g/mol. The third-order valence-electron chi connectivity index (χ3n) is 1.43. The molecule has 0 amide bonds. The van der Waals surface area contributed by atoms with Crippen molar-refractivity contribution >= 4 is 0 Å². The summed E-state index contributed by atoms with van der Waals surface area (Å²) in [5.41, 5.74) is 5.35. The zero-order valence-electron chi connectivity index (χ0n) is 6.80. The number of nitrogens with two attached hydrogens (primary N) is 1. The molecule has 0 fully saturated rings. The summed E-state index contributed by atoms with van der Waals surface area (Å²) in [6.45, 7) is 2.73. The number of H-pyrrole nitrogens is 1. The minimum absolute atomic E-state index is 0.615. The first-order valence-corrected chi connectivity index (χ1v) is 3.97. The molecule has 1 rings (SSSR count). The van der Waals surface area contributed by atoms with Gasteiger partial charge in [0.05, 0.1) is 0 Å². The van der Waals surface area contributed by atoms with Gasteiger partial charge in [-0.05, 0) is 13.0 Å². The molecule has 0 atom stereocenters. The molecule has 0 radical (unpaired) electrons. The van der Waals surface area contributed by atoms with E-state index in [0.29, 0.717) is 6.54 Å². The van der Waals surface area contributed by atoms with E-state index in [1.807, 2.05) is 0 Å². The van der Waals surface area contributed by atoms with E-state index in [0.717, 1.165) is 30.9 Å². The molecule has 0 aliphatic heterocycles. The Balaban J connectivity index is 2.51. The molecule has 1 heterocycles. The lowest BCUT2D eigenvalue weighted by Crippen LogP contribution is -2.04. The van der Waals surface area contributed by atoms with E-state index in [1.165, 1.54) is 0 Å². The maximum atomic E-state index is 5.35. The smallest absolute Gasteiger partial charge is 0.151 e. The van der Waals surface area contributed by atoms with Crippen molar-refractivity contribution in [2.45, 2.75) is 26.2 Å². The Bertz CT molecular complexity index is 185. The number of nitrogens with zero attached hydrogens (tertiary/aromatic N) is 2. The fraction of sp³-hybridized carbons (Fsp3) is 0.714. The molecular weight excluding hydrogens is 140 g/mol. The summed E-state index contributed by atoms with van der Waals surface area (Å²) in [4.78, 5) is 4.24. The van der Waals surface area contributed by atoms with Gasteiger partial charge in [-0.2, -0.15) is 5.10 Å². The molecule has 0 saturated carbocycles. The van der Waals surface area contributed by atoms with Gasteiger partial charge in [0, 0.05) is 12.8 Å². The van der Waals surface area contributed by atoms with Crippen molar-refractivity contribution < 1.29 is 0 Å². The van der Waals surface area contributed by atoms with E-state index in [-0.39, 0.29) is 0 Å². The van der Waals surface area contributed by atoms with E-state index in [2.05, 4.69) is 22.1 Å². The highest BCUT2D eigenvalue weighted by Crippen LogP contribution is 1.95. The molecule has 3 N–H and O–H groups in total. The Morgan fingerprint density at radius 1 is 1.45 bits per heavy atom. The minimum Gasteiger partial charge on any atom is -0.330 e. The number of rotatable bonds is 4. The summed E-state index contributed by atoms with van der Waals surface area (Å²) in [5.74, 6) is 1.80. The Hall–Kier alpha value is -0.900. The maximum Gasteiger partial charge on any atom is 0.151 e. The van der Waals surface area contributed by atoms with Gasteiger partial charge in [0.2, 0.25) is 0 Å². The molecule has 0 aromatic carbocycles. The second-order valence-corrected chi connectivity index (χ2v) is 2.49. The van der Waals surface area contributed by atoms with Gasteiger partial charge in [-0.15, -0.1) is 0 Å². The average Bonchev–Trinajstić information content (AvgIpc) is 2.38. The molecular formula is C7H14N4. The van der Waals surface area contributed by atoms with Crippen LogP contribution in [0, 0.1) is 0 Å². The van der Waals surface area contributed by atoms with Crippen LogP contribution in [0.1, 0.15) is 25.0 Å². The molecule has 0 aliphatic rings. The van der Waals surface area contributed by atoms with E-state index < -0.39 is 0 Å². The van der Waals surface area contributed by atoms with Crippen LogP contribution in [0.15, 0.2) is 0 Å². The van der Waals surface area contributed by atoms with Crippen LogP contribution in [-0.2, 0) is 12.8 Å². The number of nitrogens with one attached hydrogen (secondary N) is 1. The van der Waals surface area contributed by atoms with Crippen LogP contribution in [0.3, 0.4) is 0 Å². The number of hydrogen-bond acceptors (Lipinski definition) is 3. The molecule has 62 valence electrons. The van der Waals surface area contributed by atoms with Crippen molar-refractivity contribution in [3.05, 3.63) is 11.6 Å². The summed E-state index contributed by atoms with van der Waals surface area (Å²) >= 11 is 0. The van der Waals surface area contributed by atoms with Crippen molar-refractivity contribution in [3.8, 4) is 0 Å². The lowest BCUT2D eigenvalue weighted by molar-refractivity contribution is 0.840. The molecule has 0 saturated heterocycles. The highest BCUT2D eigenvalue weighted by Gasteiger charge is 1.99. The fourth-order valence-corrected chi connectivity index (χ4v) is 0.924. The fourth-order valence-electron chi connectivity index (χ4n) is 0.924. The predicted octanol–water partition coefficient (Wildman–Crippen LogP) is 0.258. The second-order valence-electron chi connectivity index (χ2n) is 2.49. The van der Waals surface area contributed by atoms with Crippen LogP contribution in [0.25, 0.3) is 0 Å². The van der Waals surface area contributed by atoms with Crippen LogP contribution >= 0.6 is 0 Å². The lowest BCUT2D eigenvalue weighted by atomic mass is 10.3. The Morgan fingerprint density at radius 3 is 2.91 bits per heavy atom. The monoisotopic (exact) mass is 154 g/mol. The molecule has 0 aliphatic carbocycles. The maximum absolute atomic E-state index is 5.35. The van der Waals surface area contributed by atoms with Gasteiger partial charge < -0.3 is 5.73 Å². The van der Waals surface area contributed by atoms with Gasteiger partial charge in [0.1, 0.15) is 5.82 Å². The molecule has 4 nitrogen and oxygen atoms in total.